The molecule has 2 aromatic heterocycles. The van der Waals surface area contributed by atoms with Crippen molar-refractivity contribution in [3.05, 3.63) is 28.7 Å². The van der Waals surface area contributed by atoms with Gasteiger partial charge in [0.1, 0.15) is 0 Å². The van der Waals surface area contributed by atoms with E-state index in [1.807, 2.05) is 19.9 Å². The topological polar surface area (TPSA) is 37.8 Å². The monoisotopic (exact) mass is 251 g/mol. The van der Waals surface area contributed by atoms with E-state index in [-0.39, 0.29) is 0 Å². The number of thiazole rings is 2. The van der Waals surface area contributed by atoms with Crippen LogP contribution in [0.4, 0.5) is 5.13 Å². The molecule has 0 bridgehead atoms. The zero-order chi connectivity index (χ0) is 11.5. The van der Waals surface area contributed by atoms with Crippen molar-refractivity contribution in [2.24, 2.45) is 0 Å². The molecule has 0 radical (unpaired) electrons. The summed E-state index contributed by atoms with van der Waals surface area (Å²) < 4.78 is 0. The van der Waals surface area contributed by atoms with E-state index < -0.39 is 0 Å². The van der Waals surface area contributed by atoms with E-state index in [0.717, 1.165) is 28.1 Å². The molecular formula is C11H13N3S2. The highest BCUT2D eigenvalue weighted by Gasteiger charge is 2.10. The Labute approximate surface area is 103 Å². The van der Waals surface area contributed by atoms with Crippen LogP contribution in [0.5, 0.6) is 0 Å². The Morgan fingerprint density at radius 3 is 2.88 bits per heavy atom. The molecule has 3 nitrogen and oxygen atoms in total. The summed E-state index contributed by atoms with van der Waals surface area (Å²) in [6, 6.07) is 0. The van der Waals surface area contributed by atoms with Crippen molar-refractivity contribution in [1.29, 1.82) is 0 Å². The fourth-order valence-electron chi connectivity index (χ4n) is 1.39. The van der Waals surface area contributed by atoms with Gasteiger partial charge in [0, 0.05) is 11.9 Å². The first-order valence-corrected chi connectivity index (χ1v) is 6.65. The van der Waals surface area contributed by atoms with E-state index in [2.05, 4.69) is 27.2 Å². The minimum Gasteiger partial charge on any atom is -0.358 e. The van der Waals surface area contributed by atoms with Gasteiger partial charge < -0.3 is 5.32 Å². The smallest absolute Gasteiger partial charge is 0.183 e. The average molecular weight is 251 g/mol. The van der Waals surface area contributed by atoms with E-state index in [4.69, 9.17) is 0 Å². The number of nitrogens with zero attached hydrogens (tertiary/aromatic N) is 2. The third-order valence-corrected chi connectivity index (χ3v) is 3.93. The van der Waals surface area contributed by atoms with Crippen molar-refractivity contribution < 1.29 is 0 Å². The van der Waals surface area contributed by atoms with E-state index in [9.17, 15) is 0 Å². The van der Waals surface area contributed by atoms with Crippen LogP contribution >= 0.6 is 22.7 Å². The minimum absolute atomic E-state index is 0.744. The summed E-state index contributed by atoms with van der Waals surface area (Å²) in [5.74, 6) is 0. The van der Waals surface area contributed by atoms with Crippen LogP contribution in [0.15, 0.2) is 18.0 Å². The lowest BCUT2D eigenvalue weighted by atomic mass is 10.3. The standard InChI is InChI=1S/C11H13N3S2/c1-4-5-12-11-14-9(6-15-11)10-7(2)13-8(3)16-10/h4,6H,1,5H2,2-3H3,(H,12,14). The van der Waals surface area contributed by atoms with E-state index in [0.29, 0.717) is 0 Å². The van der Waals surface area contributed by atoms with Crippen LogP contribution < -0.4 is 5.32 Å². The van der Waals surface area contributed by atoms with Crippen LogP contribution in [-0.2, 0) is 0 Å². The number of hydrogen-bond acceptors (Lipinski definition) is 5. The maximum Gasteiger partial charge on any atom is 0.183 e. The summed E-state index contributed by atoms with van der Waals surface area (Å²) in [7, 11) is 0. The van der Waals surface area contributed by atoms with Crippen molar-refractivity contribution in [2.45, 2.75) is 13.8 Å². The molecule has 5 heteroatoms. The molecule has 2 rings (SSSR count). The van der Waals surface area contributed by atoms with Gasteiger partial charge in [-0.1, -0.05) is 6.08 Å². The molecule has 84 valence electrons. The Morgan fingerprint density at radius 2 is 2.25 bits per heavy atom. The Hall–Kier alpha value is -1.20. The van der Waals surface area contributed by atoms with Crippen LogP contribution in [0.3, 0.4) is 0 Å². The number of hydrogen-bond donors (Lipinski definition) is 1. The average Bonchev–Trinajstić information content (AvgIpc) is 2.82. The minimum atomic E-state index is 0.744. The maximum absolute atomic E-state index is 4.52. The summed E-state index contributed by atoms with van der Waals surface area (Å²) in [5.41, 5.74) is 2.07. The molecule has 2 aromatic rings. The van der Waals surface area contributed by atoms with Crippen LogP contribution in [0.25, 0.3) is 10.6 Å². The second kappa shape index (κ2) is 4.76. The summed E-state index contributed by atoms with van der Waals surface area (Å²) in [5, 5.41) is 7.26. The first-order chi connectivity index (χ1) is 7.70. The summed E-state index contributed by atoms with van der Waals surface area (Å²) in [4.78, 5) is 10.1. The van der Waals surface area contributed by atoms with Crippen molar-refractivity contribution in [1.82, 2.24) is 9.97 Å². The predicted molar refractivity (Wildman–Crippen MR) is 71.4 cm³/mol. The van der Waals surface area contributed by atoms with Crippen molar-refractivity contribution >= 4 is 27.8 Å². The molecule has 16 heavy (non-hydrogen) atoms. The first kappa shape index (κ1) is 11.3. The lowest BCUT2D eigenvalue weighted by molar-refractivity contribution is 1.20. The Morgan fingerprint density at radius 1 is 1.44 bits per heavy atom. The van der Waals surface area contributed by atoms with Crippen LogP contribution in [0, 0.1) is 13.8 Å². The van der Waals surface area contributed by atoms with Gasteiger partial charge in [0.05, 0.1) is 21.3 Å². The van der Waals surface area contributed by atoms with E-state index in [1.54, 1.807) is 22.7 Å². The Kier molecular flexibility index (Phi) is 3.36. The zero-order valence-corrected chi connectivity index (χ0v) is 10.9. The normalized spacial score (nSPS) is 10.4. The molecule has 1 N–H and O–H groups in total. The number of aromatic nitrogens is 2. The number of rotatable bonds is 4. The van der Waals surface area contributed by atoms with Crippen molar-refractivity contribution in [2.75, 3.05) is 11.9 Å². The van der Waals surface area contributed by atoms with Crippen LogP contribution in [-0.4, -0.2) is 16.5 Å². The van der Waals surface area contributed by atoms with Gasteiger partial charge in [-0.15, -0.1) is 29.3 Å². The van der Waals surface area contributed by atoms with Crippen molar-refractivity contribution in [3.63, 3.8) is 0 Å². The highest BCUT2D eigenvalue weighted by Crippen LogP contribution is 2.31. The molecular weight excluding hydrogens is 238 g/mol. The lowest BCUT2D eigenvalue weighted by Crippen LogP contribution is -1.96. The third kappa shape index (κ3) is 2.31. The molecule has 0 fully saturated rings. The molecule has 0 aliphatic rings. The third-order valence-electron chi connectivity index (χ3n) is 2.04. The van der Waals surface area contributed by atoms with Crippen LogP contribution in [0.1, 0.15) is 10.7 Å². The summed E-state index contributed by atoms with van der Waals surface area (Å²) in [6.07, 6.45) is 1.82. The molecule has 2 heterocycles. The molecule has 0 saturated heterocycles. The highest BCUT2D eigenvalue weighted by atomic mass is 32.1. The fourth-order valence-corrected chi connectivity index (χ4v) is 3.05. The predicted octanol–water partition coefficient (Wildman–Crippen LogP) is 3.48. The molecule has 0 unspecified atom stereocenters. The molecule has 0 spiro atoms. The SMILES string of the molecule is C=CCNc1nc(-c2sc(C)nc2C)cs1. The highest BCUT2D eigenvalue weighted by molar-refractivity contribution is 7.16. The molecule has 0 aliphatic carbocycles. The largest absolute Gasteiger partial charge is 0.358 e. The Bertz CT molecular complexity index is 499. The van der Waals surface area contributed by atoms with Gasteiger partial charge in [0.25, 0.3) is 0 Å². The van der Waals surface area contributed by atoms with Gasteiger partial charge in [-0.2, -0.15) is 0 Å². The zero-order valence-electron chi connectivity index (χ0n) is 9.28. The van der Waals surface area contributed by atoms with Gasteiger partial charge in [-0.3, -0.25) is 0 Å². The van der Waals surface area contributed by atoms with Gasteiger partial charge in [0.2, 0.25) is 0 Å². The molecule has 0 amide bonds. The summed E-state index contributed by atoms with van der Waals surface area (Å²) >= 11 is 3.30. The van der Waals surface area contributed by atoms with Gasteiger partial charge in [-0.05, 0) is 13.8 Å². The van der Waals surface area contributed by atoms with Crippen LogP contribution in [0.2, 0.25) is 0 Å². The molecule has 0 saturated carbocycles. The van der Waals surface area contributed by atoms with Gasteiger partial charge >= 0.3 is 0 Å². The van der Waals surface area contributed by atoms with E-state index >= 15 is 0 Å². The van der Waals surface area contributed by atoms with Gasteiger partial charge in [0.15, 0.2) is 5.13 Å². The van der Waals surface area contributed by atoms with Crippen molar-refractivity contribution in [3.8, 4) is 10.6 Å². The number of nitrogens with one attached hydrogen (secondary N) is 1. The molecule has 0 atom stereocenters. The molecule has 0 aliphatic heterocycles. The van der Waals surface area contributed by atoms with E-state index in [1.165, 1.54) is 4.88 Å². The number of aryl methyl sites for hydroxylation is 2. The fraction of sp³-hybridized carbons (Fsp3) is 0.273. The summed E-state index contributed by atoms with van der Waals surface area (Å²) in [6.45, 7) is 8.45. The Balaban J connectivity index is 2.24. The quantitative estimate of drug-likeness (QED) is 0.845. The molecule has 0 aromatic carbocycles. The lowest BCUT2D eigenvalue weighted by Gasteiger charge is -1.95. The maximum atomic E-state index is 4.52. The van der Waals surface area contributed by atoms with Gasteiger partial charge in [-0.25, -0.2) is 9.97 Å². The second-order valence-electron chi connectivity index (χ2n) is 3.35. The first-order valence-electron chi connectivity index (χ1n) is 4.95. The second-order valence-corrected chi connectivity index (χ2v) is 5.42. The number of anilines is 1.